The molecule has 2 aromatic heterocycles. The summed E-state index contributed by atoms with van der Waals surface area (Å²) in [6.45, 7) is -1.59. The maximum Gasteiger partial charge on any atom is 0.405 e. The Bertz CT molecular complexity index is 1510. The molecule has 37 heavy (non-hydrogen) atoms. The van der Waals surface area contributed by atoms with Crippen molar-refractivity contribution < 1.29 is 31.0 Å². The quantitative estimate of drug-likeness (QED) is 0.399. The van der Waals surface area contributed by atoms with Crippen molar-refractivity contribution in [1.29, 1.82) is 0 Å². The number of urea groups is 1. The second-order valence-corrected chi connectivity index (χ2v) is 10.7. The van der Waals surface area contributed by atoms with Crippen LogP contribution in [0.5, 0.6) is 0 Å². The van der Waals surface area contributed by atoms with E-state index in [0.29, 0.717) is 28.7 Å². The van der Waals surface area contributed by atoms with Crippen molar-refractivity contribution >= 4 is 33.5 Å². The predicted octanol–water partition coefficient (Wildman–Crippen LogP) is 5.60. The molecule has 0 spiro atoms. The maximum atomic E-state index is 14.7. The molecule has 1 aliphatic rings. The van der Waals surface area contributed by atoms with E-state index in [0.717, 1.165) is 12.5 Å². The number of hydrogen-bond acceptors (Lipinski definition) is 5. The second kappa shape index (κ2) is 10.2. The first-order chi connectivity index (χ1) is 17.4. The molecule has 2 amide bonds. The van der Waals surface area contributed by atoms with Gasteiger partial charge in [-0.2, -0.15) is 13.2 Å². The first kappa shape index (κ1) is 26.2. The number of nitrogens with zero attached hydrogens (tertiary/aromatic N) is 3. The number of carbonyl (C=O) groups is 1. The molecule has 0 bridgehead atoms. The summed E-state index contributed by atoms with van der Waals surface area (Å²) in [4.78, 5) is 19.8. The molecule has 4 rings (SSSR count). The molecule has 1 aromatic carbocycles. The number of anilines is 2. The fraction of sp³-hybridized carbons (Fsp3) is 0.208. The summed E-state index contributed by atoms with van der Waals surface area (Å²) in [6.07, 6.45) is 2.86. The molecular formula is C24H20F5N5O2S. The van der Waals surface area contributed by atoms with Crippen molar-refractivity contribution in [3.8, 4) is 11.1 Å². The highest BCUT2D eigenvalue weighted by Crippen LogP contribution is 2.35. The Morgan fingerprint density at radius 3 is 2.59 bits per heavy atom. The first-order valence-electron chi connectivity index (χ1n) is 10.8. The maximum absolute atomic E-state index is 14.7. The van der Waals surface area contributed by atoms with Gasteiger partial charge in [0, 0.05) is 23.6 Å². The van der Waals surface area contributed by atoms with Crippen LogP contribution >= 0.6 is 0 Å². The monoisotopic (exact) mass is 537 g/mol. The number of aromatic nitrogens is 2. The van der Waals surface area contributed by atoms with Gasteiger partial charge < -0.3 is 10.6 Å². The molecule has 0 radical (unpaired) electrons. The third-order valence-corrected chi connectivity index (χ3v) is 6.71. The van der Waals surface area contributed by atoms with Crippen molar-refractivity contribution in [2.75, 3.05) is 18.1 Å². The number of alkyl halides is 3. The van der Waals surface area contributed by atoms with E-state index >= 15 is 0 Å². The Balaban J connectivity index is 1.53. The van der Waals surface area contributed by atoms with Gasteiger partial charge in [-0.1, -0.05) is 18.2 Å². The molecule has 1 unspecified atom stereocenters. The average molecular weight is 538 g/mol. The molecular weight excluding hydrogens is 517 g/mol. The highest BCUT2D eigenvalue weighted by molar-refractivity contribution is 7.92. The number of hydrogen-bond donors (Lipinski definition) is 2. The number of carbonyl (C=O) groups excluding carboxylic acids is 1. The largest absolute Gasteiger partial charge is 0.405 e. The van der Waals surface area contributed by atoms with Crippen molar-refractivity contribution in [2.24, 2.45) is 4.36 Å². The zero-order valence-corrected chi connectivity index (χ0v) is 20.1. The lowest BCUT2D eigenvalue weighted by Crippen LogP contribution is -2.32. The molecule has 0 saturated heterocycles. The van der Waals surface area contributed by atoms with Gasteiger partial charge in [-0.3, -0.25) is 0 Å². The van der Waals surface area contributed by atoms with Crippen LogP contribution in [0.2, 0.25) is 0 Å². The van der Waals surface area contributed by atoms with Crippen LogP contribution in [-0.4, -0.2) is 39.2 Å². The molecule has 194 valence electrons. The summed E-state index contributed by atoms with van der Waals surface area (Å²) >= 11 is 0. The summed E-state index contributed by atoms with van der Waals surface area (Å²) in [5.74, 6) is -0.730. The number of fused-ring (bicyclic) bond motifs is 1. The van der Waals surface area contributed by atoms with E-state index in [9.17, 15) is 31.0 Å². The van der Waals surface area contributed by atoms with E-state index in [-0.39, 0.29) is 23.0 Å². The lowest BCUT2D eigenvalue weighted by Gasteiger charge is -2.13. The van der Waals surface area contributed by atoms with Gasteiger partial charge >= 0.3 is 12.2 Å². The Kier molecular flexibility index (Phi) is 7.25. The van der Waals surface area contributed by atoms with Crippen LogP contribution in [0.4, 0.5) is 38.4 Å². The average Bonchev–Trinajstić information content (AvgIpc) is 3.30. The fourth-order valence-electron chi connectivity index (χ4n) is 3.79. The molecule has 2 N–H and O–H groups in total. The van der Waals surface area contributed by atoms with Crippen molar-refractivity contribution in [3.63, 3.8) is 0 Å². The van der Waals surface area contributed by atoms with E-state index in [4.69, 9.17) is 0 Å². The SMILES string of the molecule is CS(=O)(Cc1ccnc(Nc2cc(-c3ccc(F)c4c3CC=C4)c(F)cn2)c1)=NC(=O)NCC(F)(F)F. The Morgan fingerprint density at radius 1 is 1.08 bits per heavy atom. The fourth-order valence-corrected chi connectivity index (χ4v) is 5.06. The van der Waals surface area contributed by atoms with Crippen LogP contribution in [-0.2, 0) is 21.9 Å². The molecule has 7 nitrogen and oxygen atoms in total. The van der Waals surface area contributed by atoms with Gasteiger partial charge in [-0.15, -0.1) is 4.36 Å². The van der Waals surface area contributed by atoms with Gasteiger partial charge in [0.1, 0.15) is 29.8 Å². The topological polar surface area (TPSA) is 96.3 Å². The van der Waals surface area contributed by atoms with Gasteiger partial charge in [-0.05, 0) is 47.4 Å². The first-order valence-corrected chi connectivity index (χ1v) is 12.9. The lowest BCUT2D eigenvalue weighted by molar-refractivity contribution is -0.122. The van der Waals surface area contributed by atoms with E-state index in [1.165, 1.54) is 36.5 Å². The van der Waals surface area contributed by atoms with Gasteiger partial charge in [0.25, 0.3) is 0 Å². The summed E-state index contributed by atoms with van der Waals surface area (Å²) < 4.78 is 81.6. The molecule has 2 heterocycles. The minimum Gasteiger partial charge on any atom is -0.327 e. The normalized spacial score (nSPS) is 14.1. The standard InChI is InChI=1S/C24H20F5N5O2S/c1-37(36,34-23(35)32-13-24(27,28)29)12-14-7-8-30-21(9-14)33-22-10-18(20(26)11-31-22)16-5-6-19(25)17-4-2-3-15(16)17/h2,4-11H,3,12-13H2,1H3,(H,32,35)(H,30,31,33). The number of halogens is 5. The van der Waals surface area contributed by atoms with Crippen molar-refractivity contribution in [2.45, 2.75) is 18.3 Å². The van der Waals surface area contributed by atoms with Gasteiger partial charge in [-0.25, -0.2) is 27.8 Å². The van der Waals surface area contributed by atoms with Crippen molar-refractivity contribution in [3.05, 3.63) is 77.1 Å². The number of pyridine rings is 2. The number of benzene rings is 1. The van der Waals surface area contributed by atoms with Gasteiger partial charge in [0.2, 0.25) is 0 Å². The summed E-state index contributed by atoms with van der Waals surface area (Å²) in [5.41, 5.74) is 2.26. The van der Waals surface area contributed by atoms with Crippen LogP contribution in [0.15, 0.2) is 53.2 Å². The smallest absolute Gasteiger partial charge is 0.327 e. The molecule has 1 aliphatic carbocycles. The van der Waals surface area contributed by atoms with Crippen LogP contribution < -0.4 is 10.6 Å². The van der Waals surface area contributed by atoms with Crippen LogP contribution in [0.25, 0.3) is 17.2 Å². The zero-order valence-electron chi connectivity index (χ0n) is 19.3. The zero-order chi connectivity index (χ0) is 26.8. The van der Waals surface area contributed by atoms with Crippen LogP contribution in [0.1, 0.15) is 16.7 Å². The van der Waals surface area contributed by atoms with E-state index in [1.54, 1.807) is 17.5 Å². The summed E-state index contributed by atoms with van der Waals surface area (Å²) in [7, 11) is -3.21. The summed E-state index contributed by atoms with van der Waals surface area (Å²) in [6, 6.07) is 5.92. The highest BCUT2D eigenvalue weighted by Gasteiger charge is 2.28. The minimum absolute atomic E-state index is 0.217. The van der Waals surface area contributed by atoms with E-state index < -0.39 is 40.1 Å². The third kappa shape index (κ3) is 6.67. The van der Waals surface area contributed by atoms with E-state index in [1.807, 2.05) is 0 Å². The minimum atomic E-state index is -4.62. The second-order valence-electron chi connectivity index (χ2n) is 8.29. The molecule has 3 aromatic rings. The van der Waals surface area contributed by atoms with Crippen LogP contribution in [0.3, 0.4) is 0 Å². The Hall–Kier alpha value is -3.87. The molecule has 0 fully saturated rings. The number of rotatable bonds is 6. The Labute approximate surface area is 209 Å². The van der Waals surface area contributed by atoms with Crippen LogP contribution in [0, 0.1) is 11.6 Å². The number of nitrogens with one attached hydrogen (secondary N) is 2. The Morgan fingerprint density at radius 2 is 1.84 bits per heavy atom. The predicted molar refractivity (Wildman–Crippen MR) is 129 cm³/mol. The highest BCUT2D eigenvalue weighted by atomic mass is 32.2. The van der Waals surface area contributed by atoms with Crippen molar-refractivity contribution in [1.82, 2.24) is 15.3 Å². The molecule has 0 saturated carbocycles. The molecule has 1 atom stereocenters. The van der Waals surface area contributed by atoms with Gasteiger partial charge in [0.05, 0.1) is 21.7 Å². The summed E-state index contributed by atoms with van der Waals surface area (Å²) in [5, 5.41) is 4.47. The number of amides is 2. The lowest BCUT2D eigenvalue weighted by atomic mass is 9.96. The third-order valence-electron chi connectivity index (χ3n) is 5.29. The number of allylic oxidation sites excluding steroid dienone is 1. The molecule has 0 aliphatic heterocycles. The van der Waals surface area contributed by atoms with Gasteiger partial charge in [0.15, 0.2) is 0 Å². The molecule has 13 heteroatoms. The van der Waals surface area contributed by atoms with E-state index in [2.05, 4.69) is 19.6 Å².